The summed E-state index contributed by atoms with van der Waals surface area (Å²) in [5, 5.41) is 0. The molecule has 0 N–H and O–H groups in total. The molecule has 22 heavy (non-hydrogen) atoms. The molecule has 0 aliphatic heterocycles. The zero-order chi connectivity index (χ0) is 15.2. The number of benzene rings is 2. The second kappa shape index (κ2) is 6.68. The number of aldehydes is 1. The Balaban J connectivity index is 1.84. The fourth-order valence-electron chi connectivity index (χ4n) is 2.17. The van der Waals surface area contributed by atoms with Crippen LogP contribution >= 0.6 is 0 Å². The lowest BCUT2D eigenvalue weighted by molar-refractivity contribution is 0.112. The number of hydrogen-bond acceptors (Lipinski definition) is 3. The monoisotopic (exact) mass is 289 g/mol. The van der Waals surface area contributed by atoms with Crippen molar-refractivity contribution >= 4 is 6.29 Å². The first-order valence-electron chi connectivity index (χ1n) is 7.04. The zero-order valence-corrected chi connectivity index (χ0v) is 12.0. The number of rotatable bonds is 5. The van der Waals surface area contributed by atoms with Crippen molar-refractivity contribution in [2.45, 2.75) is 6.61 Å². The Morgan fingerprint density at radius 1 is 0.909 bits per heavy atom. The fourth-order valence-corrected chi connectivity index (χ4v) is 2.17. The molecule has 0 aliphatic rings. The molecule has 3 aromatic rings. The van der Waals surface area contributed by atoms with Crippen LogP contribution in [0, 0.1) is 0 Å². The van der Waals surface area contributed by atoms with Gasteiger partial charge in [-0.3, -0.25) is 9.78 Å². The molecule has 0 unspecified atom stereocenters. The van der Waals surface area contributed by atoms with Gasteiger partial charge in [-0.15, -0.1) is 0 Å². The summed E-state index contributed by atoms with van der Waals surface area (Å²) in [5.41, 5.74) is 3.37. The van der Waals surface area contributed by atoms with Crippen molar-refractivity contribution in [2.24, 2.45) is 0 Å². The molecular formula is C19H15NO2. The van der Waals surface area contributed by atoms with Crippen LogP contribution in [0.3, 0.4) is 0 Å². The molecule has 0 radical (unpaired) electrons. The van der Waals surface area contributed by atoms with Crippen LogP contribution in [0.15, 0.2) is 72.9 Å². The van der Waals surface area contributed by atoms with E-state index in [0.717, 1.165) is 28.9 Å². The number of nitrogens with zero attached hydrogens (tertiary/aromatic N) is 1. The summed E-state index contributed by atoms with van der Waals surface area (Å²) in [4.78, 5) is 15.0. The summed E-state index contributed by atoms with van der Waals surface area (Å²) in [6.07, 6.45) is 2.35. The largest absolute Gasteiger partial charge is 0.488 e. The summed E-state index contributed by atoms with van der Waals surface area (Å²) in [6, 6.07) is 21.4. The van der Waals surface area contributed by atoms with Gasteiger partial charge in [0.15, 0.2) is 6.29 Å². The Labute approximate surface area is 129 Å². The number of ether oxygens (including phenoxy) is 1. The number of pyridine rings is 1. The van der Waals surface area contributed by atoms with Gasteiger partial charge < -0.3 is 4.74 Å². The predicted octanol–water partition coefficient (Wildman–Crippen LogP) is 4.14. The second-order valence-electron chi connectivity index (χ2n) is 4.87. The number of hydrogen-bond donors (Lipinski definition) is 0. The minimum atomic E-state index is 0.504. The molecule has 3 heteroatoms. The molecule has 2 aromatic carbocycles. The van der Waals surface area contributed by atoms with Crippen LogP contribution in [-0.4, -0.2) is 11.3 Å². The van der Waals surface area contributed by atoms with E-state index in [2.05, 4.69) is 4.98 Å². The third kappa shape index (κ3) is 3.20. The molecule has 0 bridgehead atoms. The molecule has 3 rings (SSSR count). The van der Waals surface area contributed by atoms with Crippen molar-refractivity contribution < 1.29 is 9.53 Å². The highest BCUT2D eigenvalue weighted by Crippen LogP contribution is 2.28. The zero-order valence-electron chi connectivity index (χ0n) is 12.0. The van der Waals surface area contributed by atoms with Crippen LogP contribution in [0.1, 0.15) is 15.9 Å². The lowest BCUT2D eigenvalue weighted by atomic mass is 10.1. The molecule has 0 saturated carbocycles. The number of carbonyl (C=O) groups is 1. The Kier molecular flexibility index (Phi) is 4.25. The maximum absolute atomic E-state index is 10.7. The van der Waals surface area contributed by atoms with E-state index >= 15 is 0 Å². The highest BCUT2D eigenvalue weighted by molar-refractivity contribution is 5.76. The molecule has 0 spiro atoms. The minimum Gasteiger partial charge on any atom is -0.488 e. The van der Waals surface area contributed by atoms with E-state index in [0.29, 0.717) is 12.2 Å². The third-order valence-electron chi connectivity index (χ3n) is 3.32. The van der Waals surface area contributed by atoms with Gasteiger partial charge in [0.05, 0.1) is 5.69 Å². The summed E-state index contributed by atoms with van der Waals surface area (Å²) >= 11 is 0. The molecule has 1 heterocycles. The van der Waals surface area contributed by atoms with E-state index in [1.54, 1.807) is 12.3 Å². The number of carbonyl (C=O) groups excluding carboxylic acids is 1. The molecule has 0 atom stereocenters. The smallest absolute Gasteiger partial charge is 0.151 e. The molecule has 108 valence electrons. The Morgan fingerprint density at radius 3 is 2.41 bits per heavy atom. The van der Waals surface area contributed by atoms with Crippen LogP contribution < -0.4 is 4.74 Å². The quantitative estimate of drug-likeness (QED) is 0.663. The van der Waals surface area contributed by atoms with Gasteiger partial charge in [-0.2, -0.15) is 0 Å². The van der Waals surface area contributed by atoms with Gasteiger partial charge in [0.2, 0.25) is 0 Å². The highest BCUT2D eigenvalue weighted by Gasteiger charge is 2.07. The van der Waals surface area contributed by atoms with Gasteiger partial charge >= 0.3 is 0 Å². The first-order valence-corrected chi connectivity index (χ1v) is 7.04. The average molecular weight is 289 g/mol. The molecule has 3 nitrogen and oxygen atoms in total. The maximum atomic E-state index is 10.7. The Bertz CT molecular complexity index is 752. The van der Waals surface area contributed by atoms with E-state index in [9.17, 15) is 4.79 Å². The summed E-state index contributed by atoms with van der Waals surface area (Å²) in [7, 11) is 0. The van der Waals surface area contributed by atoms with E-state index in [-0.39, 0.29) is 0 Å². The first-order chi connectivity index (χ1) is 10.9. The van der Waals surface area contributed by atoms with Gasteiger partial charge in [-0.05, 0) is 29.8 Å². The van der Waals surface area contributed by atoms with Gasteiger partial charge in [0.1, 0.15) is 12.4 Å². The molecule has 0 amide bonds. The molecule has 1 aromatic heterocycles. The Morgan fingerprint density at radius 2 is 1.68 bits per heavy atom. The van der Waals surface area contributed by atoms with Crippen LogP contribution in [0.4, 0.5) is 0 Å². The van der Waals surface area contributed by atoms with Crippen molar-refractivity contribution in [1.29, 1.82) is 0 Å². The van der Waals surface area contributed by atoms with Crippen LogP contribution in [0.2, 0.25) is 0 Å². The predicted molar refractivity (Wildman–Crippen MR) is 85.8 cm³/mol. The topological polar surface area (TPSA) is 39.2 Å². The lowest BCUT2D eigenvalue weighted by Gasteiger charge is -2.11. The highest BCUT2D eigenvalue weighted by atomic mass is 16.5. The van der Waals surface area contributed by atoms with E-state index < -0.39 is 0 Å². The van der Waals surface area contributed by atoms with Crippen molar-refractivity contribution in [1.82, 2.24) is 4.98 Å². The van der Waals surface area contributed by atoms with Crippen LogP contribution in [-0.2, 0) is 6.61 Å². The average Bonchev–Trinajstić information content (AvgIpc) is 2.61. The van der Waals surface area contributed by atoms with Gasteiger partial charge in [0, 0.05) is 17.3 Å². The molecule has 0 saturated heterocycles. The number of aromatic nitrogens is 1. The minimum absolute atomic E-state index is 0.504. The van der Waals surface area contributed by atoms with Crippen molar-refractivity contribution in [3.63, 3.8) is 0 Å². The van der Waals surface area contributed by atoms with Crippen molar-refractivity contribution in [2.75, 3.05) is 0 Å². The summed E-state index contributed by atoms with van der Waals surface area (Å²) < 4.78 is 5.92. The second-order valence-corrected chi connectivity index (χ2v) is 4.87. The van der Waals surface area contributed by atoms with Crippen LogP contribution in [0.25, 0.3) is 11.3 Å². The molecule has 0 fully saturated rings. The van der Waals surface area contributed by atoms with Gasteiger partial charge in [0.25, 0.3) is 0 Å². The normalized spacial score (nSPS) is 10.2. The third-order valence-corrected chi connectivity index (χ3v) is 3.32. The van der Waals surface area contributed by atoms with Gasteiger partial charge in [-0.25, -0.2) is 0 Å². The molecule has 0 aliphatic carbocycles. The van der Waals surface area contributed by atoms with Gasteiger partial charge in [-0.1, -0.05) is 42.5 Å². The lowest BCUT2D eigenvalue weighted by Crippen LogP contribution is -1.97. The summed E-state index contributed by atoms with van der Waals surface area (Å²) in [5.74, 6) is 0.776. The van der Waals surface area contributed by atoms with Crippen molar-refractivity contribution in [3.8, 4) is 17.0 Å². The SMILES string of the molecule is O=Cc1ccc(-c2ccccc2OCc2ccccc2)nc1. The van der Waals surface area contributed by atoms with Crippen LogP contribution in [0.5, 0.6) is 5.75 Å². The first kappa shape index (κ1) is 14.0. The van der Waals surface area contributed by atoms with E-state index in [4.69, 9.17) is 4.74 Å². The fraction of sp³-hybridized carbons (Fsp3) is 0.0526. The molecular weight excluding hydrogens is 274 g/mol. The summed E-state index contributed by atoms with van der Waals surface area (Å²) in [6.45, 7) is 0.504. The Hall–Kier alpha value is -2.94. The van der Waals surface area contributed by atoms with E-state index in [1.807, 2.05) is 60.7 Å². The standard InChI is InChI=1S/C19H15NO2/c21-13-16-10-11-18(20-12-16)17-8-4-5-9-19(17)22-14-15-6-2-1-3-7-15/h1-13H,14H2. The number of para-hydroxylation sites is 1. The van der Waals surface area contributed by atoms with Crippen molar-refractivity contribution in [3.05, 3.63) is 84.1 Å². The van der Waals surface area contributed by atoms with E-state index in [1.165, 1.54) is 0 Å². The maximum Gasteiger partial charge on any atom is 0.151 e.